The maximum atomic E-state index is 13.2. The van der Waals surface area contributed by atoms with Crippen molar-refractivity contribution in [1.29, 1.82) is 0 Å². The molecule has 3 aromatic heterocycles. The Morgan fingerprint density at radius 3 is 2.90 bits per heavy atom. The summed E-state index contributed by atoms with van der Waals surface area (Å²) in [6, 6.07) is 6.15. The molecular formula is C20H21ClN8O2. The molecule has 0 fully saturated rings. The number of carbonyl (C=O) groups is 1. The first-order chi connectivity index (χ1) is 14.9. The Balaban J connectivity index is 1.76. The SMILES string of the molecule is CC(NC(=O)c1c(N)nn2cccnc12)c1nc2cccc(Cl)c2c(=O)n1CCCN. The van der Waals surface area contributed by atoms with Crippen LogP contribution in [0.3, 0.4) is 0 Å². The summed E-state index contributed by atoms with van der Waals surface area (Å²) >= 11 is 6.25. The minimum Gasteiger partial charge on any atom is -0.381 e. The molecule has 0 saturated heterocycles. The second-order valence-corrected chi connectivity index (χ2v) is 7.45. The van der Waals surface area contributed by atoms with E-state index in [2.05, 4.69) is 20.4 Å². The Labute approximate surface area is 181 Å². The van der Waals surface area contributed by atoms with E-state index in [9.17, 15) is 9.59 Å². The van der Waals surface area contributed by atoms with Crippen molar-refractivity contribution < 1.29 is 4.79 Å². The fourth-order valence-electron chi connectivity index (χ4n) is 3.49. The van der Waals surface area contributed by atoms with Gasteiger partial charge >= 0.3 is 0 Å². The van der Waals surface area contributed by atoms with E-state index in [1.54, 1.807) is 43.6 Å². The van der Waals surface area contributed by atoms with Gasteiger partial charge in [-0.25, -0.2) is 14.5 Å². The number of hydrogen-bond acceptors (Lipinski definition) is 7. The van der Waals surface area contributed by atoms with E-state index in [4.69, 9.17) is 23.1 Å². The van der Waals surface area contributed by atoms with Gasteiger partial charge in [0.15, 0.2) is 11.5 Å². The van der Waals surface area contributed by atoms with Gasteiger partial charge in [0, 0.05) is 18.9 Å². The molecule has 0 spiro atoms. The number of nitrogens with zero attached hydrogens (tertiary/aromatic N) is 5. The Morgan fingerprint density at radius 2 is 2.13 bits per heavy atom. The van der Waals surface area contributed by atoms with Crippen LogP contribution < -0.4 is 22.3 Å². The summed E-state index contributed by atoms with van der Waals surface area (Å²) in [6.07, 6.45) is 3.77. The van der Waals surface area contributed by atoms with E-state index in [-0.39, 0.29) is 16.9 Å². The molecule has 0 radical (unpaired) electrons. The van der Waals surface area contributed by atoms with E-state index in [0.29, 0.717) is 46.9 Å². The maximum absolute atomic E-state index is 13.2. The fraction of sp³-hybridized carbons (Fsp3) is 0.250. The van der Waals surface area contributed by atoms with Gasteiger partial charge in [0.2, 0.25) is 0 Å². The Morgan fingerprint density at radius 1 is 1.32 bits per heavy atom. The molecule has 1 atom stereocenters. The zero-order chi connectivity index (χ0) is 22.1. The van der Waals surface area contributed by atoms with Gasteiger partial charge in [0.1, 0.15) is 11.4 Å². The largest absolute Gasteiger partial charge is 0.381 e. The van der Waals surface area contributed by atoms with Crippen LogP contribution in [0, 0.1) is 0 Å². The lowest BCUT2D eigenvalue weighted by Gasteiger charge is -2.19. The molecule has 1 unspecified atom stereocenters. The van der Waals surface area contributed by atoms with Gasteiger partial charge in [-0.2, -0.15) is 0 Å². The number of benzene rings is 1. The first-order valence-electron chi connectivity index (χ1n) is 9.71. The number of nitrogens with two attached hydrogens (primary N) is 2. The van der Waals surface area contributed by atoms with Gasteiger partial charge in [-0.15, -0.1) is 5.10 Å². The lowest BCUT2D eigenvalue weighted by Crippen LogP contribution is -2.34. The first-order valence-corrected chi connectivity index (χ1v) is 10.1. The normalized spacial score (nSPS) is 12.4. The molecule has 1 aromatic carbocycles. The predicted molar refractivity (Wildman–Crippen MR) is 118 cm³/mol. The molecule has 4 rings (SSSR count). The molecule has 10 nitrogen and oxygen atoms in total. The average Bonchev–Trinajstić information content (AvgIpc) is 3.08. The Bertz CT molecular complexity index is 1350. The fourth-order valence-corrected chi connectivity index (χ4v) is 3.74. The highest BCUT2D eigenvalue weighted by atomic mass is 35.5. The van der Waals surface area contributed by atoms with Crippen LogP contribution >= 0.6 is 11.6 Å². The molecule has 31 heavy (non-hydrogen) atoms. The topological polar surface area (TPSA) is 146 Å². The van der Waals surface area contributed by atoms with Gasteiger partial charge in [-0.1, -0.05) is 17.7 Å². The third kappa shape index (κ3) is 3.71. The van der Waals surface area contributed by atoms with Crippen molar-refractivity contribution in [1.82, 2.24) is 29.5 Å². The van der Waals surface area contributed by atoms with Crippen LogP contribution in [0.4, 0.5) is 5.82 Å². The zero-order valence-electron chi connectivity index (χ0n) is 16.7. The minimum absolute atomic E-state index is 0.0576. The van der Waals surface area contributed by atoms with Gasteiger partial charge in [0.25, 0.3) is 11.5 Å². The standard InChI is InChI=1S/C20H21ClN8O2/c1-11(25-19(30)15-16(23)27-29-10-4-8-24-18(15)29)17-26-13-6-2-5-12(21)14(13)20(31)28(17)9-3-7-22/h2,4-6,8,10-11H,3,7,9,22H2,1H3,(H2,23,27)(H,25,30). The number of amides is 1. The summed E-state index contributed by atoms with van der Waals surface area (Å²) in [5.41, 5.74) is 12.3. The zero-order valence-corrected chi connectivity index (χ0v) is 17.5. The molecule has 1 amide bonds. The number of halogens is 1. The minimum atomic E-state index is -0.612. The average molecular weight is 441 g/mol. The van der Waals surface area contributed by atoms with Crippen LogP contribution in [-0.2, 0) is 6.54 Å². The van der Waals surface area contributed by atoms with Crippen LogP contribution in [0.25, 0.3) is 16.6 Å². The van der Waals surface area contributed by atoms with Crippen molar-refractivity contribution in [3.63, 3.8) is 0 Å². The lowest BCUT2D eigenvalue weighted by molar-refractivity contribution is 0.0939. The van der Waals surface area contributed by atoms with Gasteiger partial charge in [0.05, 0.1) is 22.0 Å². The van der Waals surface area contributed by atoms with Crippen LogP contribution in [0.15, 0.2) is 41.5 Å². The number of rotatable bonds is 6. The van der Waals surface area contributed by atoms with Crippen LogP contribution in [0.5, 0.6) is 0 Å². The highest BCUT2D eigenvalue weighted by molar-refractivity contribution is 6.35. The molecule has 0 aliphatic carbocycles. The van der Waals surface area contributed by atoms with Crippen LogP contribution in [0.1, 0.15) is 35.6 Å². The summed E-state index contributed by atoms with van der Waals surface area (Å²) in [7, 11) is 0. The first kappa shape index (κ1) is 20.8. The number of hydrogen-bond donors (Lipinski definition) is 3. The van der Waals surface area contributed by atoms with Crippen molar-refractivity contribution in [2.75, 3.05) is 12.3 Å². The second-order valence-electron chi connectivity index (χ2n) is 7.05. The molecule has 0 bridgehead atoms. The summed E-state index contributed by atoms with van der Waals surface area (Å²) in [5.74, 6) is -0.0174. The van der Waals surface area contributed by atoms with Gasteiger partial charge in [-0.05, 0) is 38.1 Å². The van der Waals surface area contributed by atoms with E-state index in [1.165, 1.54) is 9.08 Å². The number of fused-ring (bicyclic) bond motifs is 2. The van der Waals surface area contributed by atoms with Crippen molar-refractivity contribution >= 4 is 39.9 Å². The summed E-state index contributed by atoms with van der Waals surface area (Å²) < 4.78 is 2.94. The predicted octanol–water partition coefficient (Wildman–Crippen LogP) is 1.51. The Hall–Kier alpha value is -3.50. The number of anilines is 1. The third-order valence-corrected chi connectivity index (χ3v) is 5.25. The smallest absolute Gasteiger partial charge is 0.262 e. The molecule has 0 saturated carbocycles. The number of aromatic nitrogens is 5. The quantitative estimate of drug-likeness (QED) is 0.411. The van der Waals surface area contributed by atoms with Gasteiger partial charge in [-0.3, -0.25) is 14.2 Å². The van der Waals surface area contributed by atoms with Crippen molar-refractivity contribution in [3.05, 3.63) is 63.4 Å². The summed E-state index contributed by atoms with van der Waals surface area (Å²) in [4.78, 5) is 35.0. The van der Waals surface area contributed by atoms with E-state index >= 15 is 0 Å². The second kappa shape index (κ2) is 8.32. The number of carbonyl (C=O) groups excluding carboxylic acids is 1. The number of nitrogens with one attached hydrogen (secondary N) is 1. The number of nitrogen functional groups attached to an aromatic ring is 1. The van der Waals surface area contributed by atoms with E-state index in [0.717, 1.165) is 0 Å². The van der Waals surface area contributed by atoms with E-state index < -0.39 is 11.9 Å². The molecule has 4 aromatic rings. The third-order valence-electron chi connectivity index (χ3n) is 4.93. The molecule has 5 N–H and O–H groups in total. The lowest BCUT2D eigenvalue weighted by atomic mass is 10.2. The highest BCUT2D eigenvalue weighted by Gasteiger charge is 2.24. The summed E-state index contributed by atoms with van der Waals surface area (Å²) in [5, 5.41) is 7.62. The molecule has 160 valence electrons. The summed E-state index contributed by atoms with van der Waals surface area (Å²) in [6.45, 7) is 2.49. The monoisotopic (exact) mass is 440 g/mol. The van der Waals surface area contributed by atoms with Crippen LogP contribution in [-0.4, -0.2) is 36.6 Å². The van der Waals surface area contributed by atoms with E-state index in [1.807, 2.05) is 0 Å². The van der Waals surface area contributed by atoms with Crippen molar-refractivity contribution in [2.24, 2.45) is 5.73 Å². The van der Waals surface area contributed by atoms with Crippen molar-refractivity contribution in [3.8, 4) is 0 Å². The molecule has 3 heterocycles. The maximum Gasteiger partial charge on any atom is 0.262 e. The molecule has 0 aliphatic heterocycles. The Kier molecular flexibility index (Phi) is 5.57. The highest BCUT2D eigenvalue weighted by Crippen LogP contribution is 2.22. The van der Waals surface area contributed by atoms with Gasteiger partial charge < -0.3 is 16.8 Å². The molecular weight excluding hydrogens is 420 g/mol. The molecule has 11 heteroatoms. The van der Waals surface area contributed by atoms with Crippen LogP contribution in [0.2, 0.25) is 5.02 Å². The van der Waals surface area contributed by atoms with Crippen molar-refractivity contribution in [2.45, 2.75) is 25.9 Å². The molecule has 0 aliphatic rings.